The number of carbonyl (C=O) groups excluding carboxylic acids is 1. The van der Waals surface area contributed by atoms with Crippen LogP contribution in [0, 0.1) is 11.3 Å². The number of hydrogen-bond donors (Lipinski definition) is 2. The minimum atomic E-state index is 0.264. The lowest BCUT2D eigenvalue weighted by Crippen LogP contribution is -2.33. The minimum Gasteiger partial charge on any atom is -0.353 e. The van der Waals surface area contributed by atoms with E-state index in [1.807, 2.05) is 0 Å². The van der Waals surface area contributed by atoms with Crippen molar-refractivity contribution in [3.8, 4) is 0 Å². The summed E-state index contributed by atoms with van der Waals surface area (Å²) in [6.07, 6.45) is 6.54. The van der Waals surface area contributed by atoms with E-state index >= 15 is 0 Å². The van der Waals surface area contributed by atoms with Gasteiger partial charge in [-0.2, -0.15) is 0 Å². The van der Waals surface area contributed by atoms with Crippen molar-refractivity contribution in [2.75, 3.05) is 13.1 Å². The average molecular weight is 238 g/mol. The Morgan fingerprint density at radius 3 is 2.82 bits per heavy atom. The van der Waals surface area contributed by atoms with Crippen LogP contribution in [0.15, 0.2) is 0 Å². The first-order valence-electron chi connectivity index (χ1n) is 7.05. The van der Waals surface area contributed by atoms with Gasteiger partial charge in [0.1, 0.15) is 0 Å². The Morgan fingerprint density at radius 1 is 1.41 bits per heavy atom. The third-order valence-electron chi connectivity index (χ3n) is 4.28. The summed E-state index contributed by atoms with van der Waals surface area (Å²) in [5.74, 6) is 0.986. The Kier molecular flexibility index (Phi) is 4.08. The van der Waals surface area contributed by atoms with Gasteiger partial charge >= 0.3 is 0 Å². The molecule has 3 nitrogen and oxygen atoms in total. The Labute approximate surface area is 105 Å². The van der Waals surface area contributed by atoms with Crippen LogP contribution < -0.4 is 10.6 Å². The highest BCUT2D eigenvalue weighted by molar-refractivity contribution is 5.76. The fraction of sp³-hybridized carbons (Fsp3) is 0.929. The molecule has 1 amide bonds. The summed E-state index contributed by atoms with van der Waals surface area (Å²) in [4.78, 5) is 11.8. The van der Waals surface area contributed by atoms with Crippen molar-refractivity contribution in [2.45, 2.75) is 58.4 Å². The lowest BCUT2D eigenvalue weighted by molar-refractivity contribution is -0.122. The highest BCUT2D eigenvalue weighted by Gasteiger charge is 2.31. The SMILES string of the molecule is CC1(C)CCC(NC(=O)CCC2CCNC2)C1. The average Bonchev–Trinajstić information content (AvgIpc) is 2.85. The van der Waals surface area contributed by atoms with Crippen LogP contribution in [0.2, 0.25) is 0 Å². The van der Waals surface area contributed by atoms with Crippen LogP contribution in [0.4, 0.5) is 0 Å². The second-order valence-corrected chi connectivity index (χ2v) is 6.57. The van der Waals surface area contributed by atoms with Gasteiger partial charge in [-0.15, -0.1) is 0 Å². The zero-order valence-electron chi connectivity index (χ0n) is 11.2. The predicted octanol–water partition coefficient (Wildman–Crippen LogP) is 2.07. The number of amides is 1. The molecule has 2 rings (SSSR count). The Bertz CT molecular complexity index is 269. The summed E-state index contributed by atoms with van der Waals surface area (Å²) in [6.45, 7) is 6.82. The van der Waals surface area contributed by atoms with Crippen molar-refractivity contribution >= 4 is 5.91 Å². The van der Waals surface area contributed by atoms with E-state index < -0.39 is 0 Å². The Balaban J connectivity index is 1.64. The smallest absolute Gasteiger partial charge is 0.220 e. The van der Waals surface area contributed by atoms with E-state index in [-0.39, 0.29) is 5.91 Å². The van der Waals surface area contributed by atoms with Crippen LogP contribution in [0.5, 0.6) is 0 Å². The maximum Gasteiger partial charge on any atom is 0.220 e. The van der Waals surface area contributed by atoms with Gasteiger partial charge in [-0.1, -0.05) is 13.8 Å². The van der Waals surface area contributed by atoms with Gasteiger partial charge in [-0.3, -0.25) is 4.79 Å². The highest BCUT2D eigenvalue weighted by atomic mass is 16.1. The van der Waals surface area contributed by atoms with Gasteiger partial charge in [-0.25, -0.2) is 0 Å². The van der Waals surface area contributed by atoms with E-state index in [1.54, 1.807) is 0 Å². The third-order valence-corrected chi connectivity index (χ3v) is 4.28. The van der Waals surface area contributed by atoms with Crippen molar-refractivity contribution in [3.63, 3.8) is 0 Å². The van der Waals surface area contributed by atoms with E-state index in [9.17, 15) is 4.79 Å². The van der Waals surface area contributed by atoms with Crippen molar-refractivity contribution in [1.29, 1.82) is 0 Å². The molecule has 1 heterocycles. The molecule has 0 aromatic carbocycles. The monoisotopic (exact) mass is 238 g/mol. The molecule has 0 spiro atoms. The molecule has 0 bridgehead atoms. The topological polar surface area (TPSA) is 41.1 Å². The summed E-state index contributed by atoms with van der Waals surface area (Å²) in [6, 6.07) is 0.430. The van der Waals surface area contributed by atoms with Crippen molar-refractivity contribution in [2.24, 2.45) is 11.3 Å². The normalized spacial score (nSPS) is 31.6. The van der Waals surface area contributed by atoms with Gasteiger partial charge in [0, 0.05) is 12.5 Å². The Hall–Kier alpha value is -0.570. The molecule has 2 atom stereocenters. The quantitative estimate of drug-likeness (QED) is 0.787. The van der Waals surface area contributed by atoms with Crippen molar-refractivity contribution < 1.29 is 4.79 Å². The maximum atomic E-state index is 11.8. The molecule has 17 heavy (non-hydrogen) atoms. The summed E-state index contributed by atoms with van der Waals surface area (Å²) in [5, 5.41) is 6.55. The molecule has 1 saturated carbocycles. The molecule has 98 valence electrons. The van der Waals surface area contributed by atoms with Crippen LogP contribution in [-0.2, 0) is 4.79 Å². The standard InChI is InChI=1S/C14H26N2O/c1-14(2)7-5-12(9-14)16-13(17)4-3-11-6-8-15-10-11/h11-12,15H,3-10H2,1-2H3,(H,16,17). The van der Waals surface area contributed by atoms with E-state index in [2.05, 4.69) is 24.5 Å². The molecule has 2 aliphatic rings. The first kappa shape index (κ1) is 12.9. The molecule has 2 fully saturated rings. The lowest BCUT2D eigenvalue weighted by atomic mass is 9.92. The van der Waals surface area contributed by atoms with Gasteiger partial charge in [0.2, 0.25) is 5.91 Å². The van der Waals surface area contributed by atoms with Gasteiger partial charge < -0.3 is 10.6 Å². The summed E-state index contributed by atoms with van der Waals surface area (Å²) < 4.78 is 0. The Morgan fingerprint density at radius 2 is 2.24 bits per heavy atom. The fourth-order valence-corrected chi connectivity index (χ4v) is 3.16. The number of rotatable bonds is 4. The number of hydrogen-bond acceptors (Lipinski definition) is 2. The third kappa shape index (κ3) is 3.98. The van der Waals surface area contributed by atoms with Gasteiger partial charge in [0.05, 0.1) is 0 Å². The van der Waals surface area contributed by atoms with Crippen LogP contribution in [0.3, 0.4) is 0 Å². The predicted molar refractivity (Wildman–Crippen MR) is 69.8 cm³/mol. The second kappa shape index (κ2) is 5.38. The molecule has 1 aliphatic heterocycles. The molecule has 2 unspecified atom stereocenters. The summed E-state index contributed by atoms with van der Waals surface area (Å²) in [5.41, 5.74) is 0.424. The number of carbonyl (C=O) groups is 1. The van der Waals surface area contributed by atoms with Crippen LogP contribution in [-0.4, -0.2) is 25.0 Å². The zero-order chi connectivity index (χ0) is 12.3. The summed E-state index contributed by atoms with van der Waals surface area (Å²) in [7, 11) is 0. The lowest BCUT2D eigenvalue weighted by Gasteiger charge is -2.18. The molecule has 0 aromatic heterocycles. The molecular formula is C14H26N2O. The molecule has 3 heteroatoms. The van der Waals surface area contributed by atoms with E-state index in [0.717, 1.165) is 38.3 Å². The van der Waals surface area contributed by atoms with Crippen LogP contribution >= 0.6 is 0 Å². The maximum absolute atomic E-state index is 11.8. The summed E-state index contributed by atoms with van der Waals surface area (Å²) >= 11 is 0. The fourth-order valence-electron chi connectivity index (χ4n) is 3.16. The highest BCUT2D eigenvalue weighted by Crippen LogP contribution is 2.36. The molecule has 2 N–H and O–H groups in total. The first-order chi connectivity index (χ1) is 8.05. The van der Waals surface area contributed by atoms with E-state index in [1.165, 1.54) is 12.8 Å². The van der Waals surface area contributed by atoms with E-state index in [0.29, 0.717) is 17.9 Å². The van der Waals surface area contributed by atoms with Crippen LogP contribution in [0.1, 0.15) is 52.4 Å². The van der Waals surface area contributed by atoms with Crippen LogP contribution in [0.25, 0.3) is 0 Å². The van der Waals surface area contributed by atoms with Gasteiger partial charge in [0.15, 0.2) is 0 Å². The van der Waals surface area contributed by atoms with Gasteiger partial charge in [-0.05, 0) is 56.5 Å². The van der Waals surface area contributed by atoms with E-state index in [4.69, 9.17) is 0 Å². The molecule has 0 radical (unpaired) electrons. The van der Waals surface area contributed by atoms with Crippen molar-refractivity contribution in [1.82, 2.24) is 10.6 Å². The zero-order valence-corrected chi connectivity index (χ0v) is 11.2. The number of nitrogens with one attached hydrogen (secondary N) is 2. The molecule has 0 aromatic rings. The minimum absolute atomic E-state index is 0.264. The largest absolute Gasteiger partial charge is 0.353 e. The first-order valence-corrected chi connectivity index (χ1v) is 7.05. The van der Waals surface area contributed by atoms with Gasteiger partial charge in [0.25, 0.3) is 0 Å². The molecule has 1 saturated heterocycles. The molecular weight excluding hydrogens is 212 g/mol. The van der Waals surface area contributed by atoms with Crippen molar-refractivity contribution in [3.05, 3.63) is 0 Å². The second-order valence-electron chi connectivity index (χ2n) is 6.57. The molecule has 1 aliphatic carbocycles.